The lowest BCUT2D eigenvalue weighted by Crippen LogP contribution is -1.97. The average Bonchev–Trinajstić information content (AvgIpc) is 2.82. The Hall–Kier alpha value is -2.76. The van der Waals surface area contributed by atoms with Crippen molar-refractivity contribution in [3.05, 3.63) is 48.5 Å². The second kappa shape index (κ2) is 3.92. The third-order valence-electron chi connectivity index (χ3n) is 2.56. The van der Waals surface area contributed by atoms with Crippen molar-refractivity contribution >= 4 is 11.6 Å². The molecular formula is C12H8N4O2. The number of fused-ring (bicyclic) bond motifs is 1. The van der Waals surface area contributed by atoms with Gasteiger partial charge in [-0.05, 0) is 18.2 Å². The highest BCUT2D eigenvalue weighted by Crippen LogP contribution is 2.21. The zero-order chi connectivity index (χ0) is 12.5. The van der Waals surface area contributed by atoms with Crippen LogP contribution in [0.3, 0.4) is 0 Å². The van der Waals surface area contributed by atoms with Gasteiger partial charge in [0.2, 0.25) is 0 Å². The second-order valence-corrected chi connectivity index (χ2v) is 3.68. The van der Waals surface area contributed by atoms with E-state index in [-0.39, 0.29) is 5.56 Å². The predicted octanol–water partition coefficient (Wildman–Crippen LogP) is 1.49. The molecule has 3 rings (SSSR count). The maximum absolute atomic E-state index is 10.9. The number of carboxylic acids is 1. The van der Waals surface area contributed by atoms with Crippen LogP contribution in [0.2, 0.25) is 0 Å². The molecule has 0 radical (unpaired) electrons. The monoisotopic (exact) mass is 240 g/mol. The van der Waals surface area contributed by atoms with E-state index in [2.05, 4.69) is 15.1 Å². The number of carboxylic acid groups (broad SMARTS) is 1. The Morgan fingerprint density at radius 3 is 3.00 bits per heavy atom. The van der Waals surface area contributed by atoms with Crippen LogP contribution in [0, 0.1) is 0 Å². The molecule has 0 aliphatic heterocycles. The first-order valence-corrected chi connectivity index (χ1v) is 5.24. The molecule has 6 heteroatoms. The van der Waals surface area contributed by atoms with E-state index in [0.717, 1.165) is 0 Å². The third-order valence-corrected chi connectivity index (χ3v) is 2.56. The van der Waals surface area contributed by atoms with E-state index in [4.69, 9.17) is 5.11 Å². The number of pyridine rings is 1. The van der Waals surface area contributed by atoms with Gasteiger partial charge in [0, 0.05) is 18.6 Å². The van der Waals surface area contributed by atoms with E-state index < -0.39 is 5.97 Å². The van der Waals surface area contributed by atoms with Crippen molar-refractivity contribution in [1.82, 2.24) is 19.6 Å². The highest BCUT2D eigenvalue weighted by atomic mass is 16.4. The summed E-state index contributed by atoms with van der Waals surface area (Å²) >= 11 is 0. The summed E-state index contributed by atoms with van der Waals surface area (Å²) in [6.07, 6.45) is 6.51. The minimum absolute atomic E-state index is 0.190. The van der Waals surface area contributed by atoms with Crippen molar-refractivity contribution in [3.8, 4) is 11.3 Å². The van der Waals surface area contributed by atoms with E-state index in [1.165, 1.54) is 18.3 Å². The molecule has 0 saturated carbocycles. The van der Waals surface area contributed by atoms with Crippen LogP contribution in [0.5, 0.6) is 0 Å². The Labute approximate surface area is 102 Å². The second-order valence-electron chi connectivity index (χ2n) is 3.68. The first kappa shape index (κ1) is 10.4. The Kier molecular flexibility index (Phi) is 2.26. The van der Waals surface area contributed by atoms with Gasteiger partial charge in [-0.25, -0.2) is 14.3 Å². The molecule has 0 atom stereocenters. The Bertz CT molecular complexity index is 736. The maximum atomic E-state index is 10.9. The first-order valence-electron chi connectivity index (χ1n) is 5.24. The van der Waals surface area contributed by atoms with E-state index in [1.807, 2.05) is 0 Å². The molecule has 88 valence electrons. The normalized spacial score (nSPS) is 10.7. The lowest BCUT2D eigenvalue weighted by Gasteiger charge is -1.99. The summed E-state index contributed by atoms with van der Waals surface area (Å²) in [5, 5.41) is 13.1. The minimum atomic E-state index is -0.983. The van der Waals surface area contributed by atoms with Gasteiger partial charge < -0.3 is 5.11 Å². The van der Waals surface area contributed by atoms with Gasteiger partial charge in [-0.2, -0.15) is 5.10 Å². The zero-order valence-corrected chi connectivity index (χ0v) is 9.19. The Balaban J connectivity index is 2.20. The van der Waals surface area contributed by atoms with Crippen LogP contribution in [-0.4, -0.2) is 30.7 Å². The van der Waals surface area contributed by atoms with Gasteiger partial charge in [-0.15, -0.1) is 0 Å². The summed E-state index contributed by atoms with van der Waals surface area (Å²) in [6.45, 7) is 0. The Morgan fingerprint density at radius 2 is 2.17 bits per heavy atom. The predicted molar refractivity (Wildman–Crippen MR) is 63.2 cm³/mol. The number of hydrogen-bond acceptors (Lipinski definition) is 4. The Morgan fingerprint density at radius 1 is 1.28 bits per heavy atom. The van der Waals surface area contributed by atoms with Crippen molar-refractivity contribution in [1.29, 1.82) is 0 Å². The molecule has 0 saturated heterocycles. The van der Waals surface area contributed by atoms with Gasteiger partial charge in [0.25, 0.3) is 0 Å². The lowest BCUT2D eigenvalue weighted by atomic mass is 10.1. The molecule has 0 spiro atoms. The van der Waals surface area contributed by atoms with Crippen LogP contribution in [0.1, 0.15) is 10.4 Å². The van der Waals surface area contributed by atoms with Gasteiger partial charge in [-0.1, -0.05) is 0 Å². The van der Waals surface area contributed by atoms with Gasteiger partial charge in [0.15, 0.2) is 5.65 Å². The maximum Gasteiger partial charge on any atom is 0.335 e. The van der Waals surface area contributed by atoms with E-state index in [0.29, 0.717) is 16.9 Å². The summed E-state index contributed by atoms with van der Waals surface area (Å²) in [4.78, 5) is 19.3. The lowest BCUT2D eigenvalue weighted by molar-refractivity contribution is 0.0697. The molecule has 18 heavy (non-hydrogen) atoms. The summed E-state index contributed by atoms with van der Waals surface area (Å²) in [7, 11) is 0. The van der Waals surface area contributed by atoms with E-state index in [9.17, 15) is 4.79 Å². The molecule has 0 bridgehead atoms. The fourth-order valence-corrected chi connectivity index (χ4v) is 1.72. The summed E-state index contributed by atoms with van der Waals surface area (Å²) in [5.74, 6) is -0.983. The fraction of sp³-hybridized carbons (Fsp3) is 0. The largest absolute Gasteiger partial charge is 0.478 e. The number of hydrogen-bond donors (Lipinski definition) is 1. The number of aromatic nitrogens is 4. The molecular weight excluding hydrogens is 232 g/mol. The van der Waals surface area contributed by atoms with Gasteiger partial charge in [0.05, 0.1) is 23.0 Å². The molecule has 3 aromatic rings. The molecule has 0 amide bonds. The molecule has 0 aliphatic rings. The van der Waals surface area contributed by atoms with E-state index in [1.54, 1.807) is 29.2 Å². The van der Waals surface area contributed by atoms with Gasteiger partial charge in [0.1, 0.15) is 0 Å². The molecule has 0 aromatic carbocycles. The highest BCUT2D eigenvalue weighted by molar-refractivity contribution is 5.89. The molecule has 0 unspecified atom stereocenters. The number of carbonyl (C=O) groups is 1. The van der Waals surface area contributed by atoms with Crippen LogP contribution in [0.4, 0.5) is 0 Å². The number of aromatic carboxylic acids is 1. The molecule has 3 aromatic heterocycles. The van der Waals surface area contributed by atoms with E-state index >= 15 is 0 Å². The van der Waals surface area contributed by atoms with Crippen LogP contribution < -0.4 is 0 Å². The van der Waals surface area contributed by atoms with Crippen molar-refractivity contribution in [3.63, 3.8) is 0 Å². The van der Waals surface area contributed by atoms with Crippen molar-refractivity contribution in [2.75, 3.05) is 0 Å². The number of nitrogens with zero attached hydrogens (tertiary/aromatic N) is 4. The average molecular weight is 240 g/mol. The quantitative estimate of drug-likeness (QED) is 0.734. The molecule has 1 N–H and O–H groups in total. The highest BCUT2D eigenvalue weighted by Gasteiger charge is 2.11. The minimum Gasteiger partial charge on any atom is -0.478 e. The number of rotatable bonds is 2. The molecule has 0 aliphatic carbocycles. The fourth-order valence-electron chi connectivity index (χ4n) is 1.72. The van der Waals surface area contributed by atoms with Crippen molar-refractivity contribution in [2.24, 2.45) is 0 Å². The molecule has 0 fully saturated rings. The van der Waals surface area contributed by atoms with Crippen LogP contribution in [-0.2, 0) is 0 Å². The van der Waals surface area contributed by atoms with Gasteiger partial charge >= 0.3 is 5.97 Å². The summed E-state index contributed by atoms with van der Waals surface area (Å²) in [5.41, 5.74) is 2.09. The summed E-state index contributed by atoms with van der Waals surface area (Å²) in [6, 6.07) is 4.73. The zero-order valence-electron chi connectivity index (χ0n) is 9.19. The van der Waals surface area contributed by atoms with Crippen molar-refractivity contribution in [2.45, 2.75) is 0 Å². The van der Waals surface area contributed by atoms with Crippen LogP contribution in [0.15, 0.2) is 43.0 Å². The molecule has 6 nitrogen and oxygen atoms in total. The van der Waals surface area contributed by atoms with Crippen molar-refractivity contribution < 1.29 is 9.90 Å². The molecule has 3 heterocycles. The van der Waals surface area contributed by atoms with Crippen LogP contribution >= 0.6 is 0 Å². The SMILES string of the molecule is O=C(O)c1ccnc(-c2cnn3cccnc23)c1. The summed E-state index contributed by atoms with van der Waals surface area (Å²) < 4.78 is 1.62. The van der Waals surface area contributed by atoms with Crippen LogP contribution in [0.25, 0.3) is 16.9 Å². The smallest absolute Gasteiger partial charge is 0.335 e. The van der Waals surface area contributed by atoms with Gasteiger partial charge in [-0.3, -0.25) is 4.98 Å². The standard InChI is InChI=1S/C12H8N4O2/c17-12(18)8-2-4-13-10(6-8)9-7-15-16-5-1-3-14-11(9)16/h1-7H,(H,17,18). The first-order chi connectivity index (χ1) is 8.75. The third kappa shape index (κ3) is 1.60. The topological polar surface area (TPSA) is 80.4 Å².